The Morgan fingerprint density at radius 2 is 1.79 bits per heavy atom. The zero-order chi connectivity index (χ0) is 9.97. The quantitative estimate of drug-likeness (QED) is 0.700. The van der Waals surface area contributed by atoms with Crippen LogP contribution in [-0.2, 0) is 4.74 Å². The van der Waals surface area contributed by atoms with Gasteiger partial charge in [-0.25, -0.2) is 0 Å². The van der Waals surface area contributed by atoms with Crippen LogP contribution in [0.5, 0.6) is 0 Å². The highest BCUT2D eigenvalue weighted by molar-refractivity contribution is 4.82. The molecule has 2 N–H and O–H groups in total. The average Bonchev–Trinajstić information content (AvgIpc) is 2.19. The molecule has 2 heteroatoms. The predicted octanol–water partition coefficient (Wildman–Crippen LogP) is 2.32. The van der Waals surface area contributed by atoms with E-state index in [-0.39, 0.29) is 0 Å². The van der Waals surface area contributed by atoms with E-state index < -0.39 is 0 Å². The molecule has 0 amide bonds. The van der Waals surface area contributed by atoms with Crippen LogP contribution in [0.4, 0.5) is 0 Å². The highest BCUT2D eigenvalue weighted by Gasteiger charge is 2.30. The van der Waals surface area contributed by atoms with Gasteiger partial charge in [-0.3, -0.25) is 0 Å². The van der Waals surface area contributed by atoms with E-state index >= 15 is 0 Å². The van der Waals surface area contributed by atoms with Crippen molar-refractivity contribution in [1.29, 1.82) is 0 Å². The minimum absolute atomic E-state index is 0.396. The molecule has 82 valence electrons. The molecule has 0 spiro atoms. The lowest BCUT2D eigenvalue weighted by Gasteiger charge is -2.36. The third-order valence-electron chi connectivity index (χ3n) is 3.94. The summed E-state index contributed by atoms with van der Waals surface area (Å²) in [5, 5.41) is 0. The molecule has 2 rings (SSSR count). The van der Waals surface area contributed by atoms with Crippen molar-refractivity contribution in [2.75, 3.05) is 6.61 Å². The first-order valence-electron chi connectivity index (χ1n) is 6.13. The molecule has 2 unspecified atom stereocenters. The van der Waals surface area contributed by atoms with Crippen molar-refractivity contribution in [3.63, 3.8) is 0 Å². The smallest absolute Gasteiger partial charge is 0.0618 e. The molecule has 0 radical (unpaired) electrons. The molecule has 2 nitrogen and oxygen atoms in total. The van der Waals surface area contributed by atoms with Crippen LogP contribution in [0.25, 0.3) is 0 Å². The second kappa shape index (κ2) is 4.63. The largest absolute Gasteiger partial charge is 0.378 e. The molecule has 0 aromatic heterocycles. The van der Waals surface area contributed by atoms with Gasteiger partial charge in [0.25, 0.3) is 0 Å². The van der Waals surface area contributed by atoms with Gasteiger partial charge in [0.1, 0.15) is 0 Å². The van der Waals surface area contributed by atoms with E-state index in [9.17, 15) is 0 Å². The van der Waals surface area contributed by atoms with Gasteiger partial charge >= 0.3 is 0 Å². The Morgan fingerprint density at radius 1 is 1.07 bits per heavy atom. The summed E-state index contributed by atoms with van der Waals surface area (Å²) in [6, 6.07) is 0.396. The van der Waals surface area contributed by atoms with Crippen LogP contribution < -0.4 is 5.73 Å². The number of ether oxygens (including phenoxy) is 1. The Kier molecular flexibility index (Phi) is 3.45. The van der Waals surface area contributed by atoms with E-state index in [0.29, 0.717) is 12.1 Å². The van der Waals surface area contributed by atoms with Crippen molar-refractivity contribution >= 4 is 0 Å². The summed E-state index contributed by atoms with van der Waals surface area (Å²) in [7, 11) is 0. The zero-order valence-electron chi connectivity index (χ0n) is 9.24. The summed E-state index contributed by atoms with van der Waals surface area (Å²) in [5.74, 6) is 1.74. The molecule has 1 saturated heterocycles. The van der Waals surface area contributed by atoms with Crippen molar-refractivity contribution in [3.8, 4) is 0 Å². The molecular weight excluding hydrogens is 174 g/mol. The van der Waals surface area contributed by atoms with Crippen LogP contribution >= 0.6 is 0 Å². The summed E-state index contributed by atoms with van der Waals surface area (Å²) in [6.07, 6.45) is 8.13. The van der Waals surface area contributed by atoms with Gasteiger partial charge in [-0.1, -0.05) is 19.8 Å². The Hall–Kier alpha value is -0.0800. The summed E-state index contributed by atoms with van der Waals surface area (Å²) >= 11 is 0. The van der Waals surface area contributed by atoms with E-state index in [0.717, 1.165) is 31.3 Å². The van der Waals surface area contributed by atoms with E-state index in [1.54, 1.807) is 0 Å². The standard InChI is InChI=1S/C12H23NO/c1-9-2-4-10(5-3-9)12-8-11(13)6-7-14-12/h9-12H,2-8,13H2,1H3. The molecule has 1 aliphatic carbocycles. The normalized spacial score (nSPS) is 45.0. The predicted molar refractivity (Wildman–Crippen MR) is 58.1 cm³/mol. The highest BCUT2D eigenvalue weighted by Crippen LogP contribution is 2.34. The van der Waals surface area contributed by atoms with E-state index in [1.807, 2.05) is 0 Å². The molecule has 2 atom stereocenters. The third kappa shape index (κ3) is 2.48. The molecule has 14 heavy (non-hydrogen) atoms. The van der Waals surface area contributed by atoms with Crippen LogP contribution in [0.3, 0.4) is 0 Å². The molecule has 1 aliphatic heterocycles. The van der Waals surface area contributed by atoms with Gasteiger partial charge in [-0.05, 0) is 37.5 Å². The molecule has 0 bridgehead atoms. The lowest BCUT2D eigenvalue weighted by molar-refractivity contribution is -0.0397. The van der Waals surface area contributed by atoms with Crippen molar-refractivity contribution in [2.45, 2.75) is 57.6 Å². The topological polar surface area (TPSA) is 35.2 Å². The van der Waals surface area contributed by atoms with Gasteiger partial charge in [0.15, 0.2) is 0 Å². The minimum Gasteiger partial charge on any atom is -0.378 e. The molecule has 2 fully saturated rings. The van der Waals surface area contributed by atoms with Crippen molar-refractivity contribution in [3.05, 3.63) is 0 Å². The van der Waals surface area contributed by atoms with Crippen LogP contribution in [0.15, 0.2) is 0 Å². The van der Waals surface area contributed by atoms with Gasteiger partial charge in [0.05, 0.1) is 6.10 Å². The number of nitrogens with two attached hydrogens (primary N) is 1. The Bertz CT molecular complexity index is 175. The second-order valence-corrected chi connectivity index (χ2v) is 5.21. The molecule has 0 aromatic rings. The lowest BCUT2D eigenvalue weighted by atomic mass is 9.78. The molecule has 1 heterocycles. The van der Waals surface area contributed by atoms with E-state index in [4.69, 9.17) is 10.5 Å². The van der Waals surface area contributed by atoms with Gasteiger partial charge < -0.3 is 10.5 Å². The molecule has 0 aromatic carbocycles. The van der Waals surface area contributed by atoms with Gasteiger partial charge in [-0.2, -0.15) is 0 Å². The van der Waals surface area contributed by atoms with Crippen molar-refractivity contribution in [1.82, 2.24) is 0 Å². The second-order valence-electron chi connectivity index (χ2n) is 5.21. The number of rotatable bonds is 1. The Labute approximate surface area is 87.2 Å². The van der Waals surface area contributed by atoms with Crippen LogP contribution in [0.2, 0.25) is 0 Å². The highest BCUT2D eigenvalue weighted by atomic mass is 16.5. The SMILES string of the molecule is CC1CCC(C2CC(N)CCO2)CC1. The summed E-state index contributed by atoms with van der Waals surface area (Å²) < 4.78 is 5.84. The first-order valence-corrected chi connectivity index (χ1v) is 6.13. The fourth-order valence-corrected chi connectivity index (χ4v) is 2.84. The average molecular weight is 197 g/mol. The van der Waals surface area contributed by atoms with Gasteiger partial charge in [0, 0.05) is 12.6 Å². The van der Waals surface area contributed by atoms with Crippen LogP contribution in [0, 0.1) is 11.8 Å². The third-order valence-corrected chi connectivity index (χ3v) is 3.94. The number of hydrogen-bond donors (Lipinski definition) is 1. The fraction of sp³-hybridized carbons (Fsp3) is 1.00. The summed E-state index contributed by atoms with van der Waals surface area (Å²) in [6.45, 7) is 3.25. The lowest BCUT2D eigenvalue weighted by Crippen LogP contribution is -2.39. The fourth-order valence-electron chi connectivity index (χ4n) is 2.84. The zero-order valence-corrected chi connectivity index (χ0v) is 9.24. The van der Waals surface area contributed by atoms with Gasteiger partial charge in [-0.15, -0.1) is 0 Å². The van der Waals surface area contributed by atoms with Crippen LogP contribution in [0.1, 0.15) is 45.4 Å². The maximum atomic E-state index is 5.98. The first-order chi connectivity index (χ1) is 6.75. The summed E-state index contributed by atoms with van der Waals surface area (Å²) in [4.78, 5) is 0. The van der Waals surface area contributed by atoms with E-state index in [2.05, 4.69) is 6.92 Å². The first kappa shape index (κ1) is 10.4. The van der Waals surface area contributed by atoms with Gasteiger partial charge in [0.2, 0.25) is 0 Å². The molecule has 1 saturated carbocycles. The monoisotopic (exact) mass is 197 g/mol. The Balaban J connectivity index is 1.82. The van der Waals surface area contributed by atoms with Crippen molar-refractivity contribution < 1.29 is 4.74 Å². The summed E-state index contributed by atoms with van der Waals surface area (Å²) in [5.41, 5.74) is 5.98. The maximum absolute atomic E-state index is 5.98. The molecule has 2 aliphatic rings. The van der Waals surface area contributed by atoms with Crippen LogP contribution in [-0.4, -0.2) is 18.8 Å². The maximum Gasteiger partial charge on any atom is 0.0618 e. The number of hydrogen-bond acceptors (Lipinski definition) is 2. The molecular formula is C12H23NO. The Morgan fingerprint density at radius 3 is 2.43 bits per heavy atom. The van der Waals surface area contributed by atoms with E-state index in [1.165, 1.54) is 25.7 Å². The van der Waals surface area contributed by atoms with Crippen molar-refractivity contribution in [2.24, 2.45) is 17.6 Å². The minimum atomic E-state index is 0.396.